The van der Waals surface area contributed by atoms with Gasteiger partial charge in [-0.05, 0) is 54.8 Å². The molecule has 0 spiro atoms. The molecule has 26 heavy (non-hydrogen) atoms. The van der Waals surface area contributed by atoms with E-state index in [4.69, 9.17) is 4.74 Å². The molecule has 1 heterocycles. The molecule has 140 valence electrons. The van der Waals surface area contributed by atoms with Crippen LogP contribution in [0.1, 0.15) is 36.0 Å². The van der Waals surface area contributed by atoms with Crippen molar-refractivity contribution in [2.24, 2.45) is 0 Å². The van der Waals surface area contributed by atoms with Crippen molar-refractivity contribution >= 4 is 39.3 Å². The number of benzene rings is 1. The van der Waals surface area contributed by atoms with Crippen LogP contribution in [0.25, 0.3) is 0 Å². The van der Waals surface area contributed by atoms with E-state index in [9.17, 15) is 9.59 Å². The van der Waals surface area contributed by atoms with E-state index in [2.05, 4.69) is 26.6 Å². The number of nitrogens with one attached hydrogen (secondary N) is 2. The van der Waals surface area contributed by atoms with Gasteiger partial charge in [0.2, 0.25) is 0 Å². The number of carbonyl (C=O) groups is 2. The SMILES string of the molecule is CC(C)(C)OC(=O)NCC(Cc1ccccc1)NC(=O)c1cc(Br)cs1. The molecule has 0 saturated heterocycles. The van der Waals surface area contributed by atoms with Gasteiger partial charge in [-0.2, -0.15) is 0 Å². The first-order valence-corrected chi connectivity index (χ1v) is 9.96. The van der Waals surface area contributed by atoms with Crippen LogP contribution in [-0.2, 0) is 11.2 Å². The highest BCUT2D eigenvalue weighted by Gasteiger charge is 2.20. The Morgan fingerprint density at radius 1 is 1.23 bits per heavy atom. The molecule has 0 aliphatic heterocycles. The molecule has 5 nitrogen and oxygen atoms in total. The van der Waals surface area contributed by atoms with Crippen molar-refractivity contribution in [1.29, 1.82) is 0 Å². The maximum absolute atomic E-state index is 12.5. The molecule has 1 unspecified atom stereocenters. The first-order chi connectivity index (χ1) is 12.2. The maximum Gasteiger partial charge on any atom is 0.407 e. The summed E-state index contributed by atoms with van der Waals surface area (Å²) in [6, 6.07) is 11.4. The van der Waals surface area contributed by atoms with Crippen molar-refractivity contribution in [1.82, 2.24) is 10.6 Å². The molecule has 2 N–H and O–H groups in total. The molecule has 0 aliphatic carbocycles. The van der Waals surface area contributed by atoms with Crippen molar-refractivity contribution in [3.05, 3.63) is 56.7 Å². The van der Waals surface area contributed by atoms with Crippen molar-refractivity contribution in [3.8, 4) is 0 Å². The Morgan fingerprint density at radius 2 is 1.92 bits per heavy atom. The number of ether oxygens (including phenoxy) is 1. The zero-order valence-electron chi connectivity index (χ0n) is 15.0. The molecule has 0 bridgehead atoms. The summed E-state index contributed by atoms with van der Waals surface area (Å²) in [6.07, 6.45) is 0.109. The van der Waals surface area contributed by atoms with Gasteiger partial charge in [-0.1, -0.05) is 30.3 Å². The van der Waals surface area contributed by atoms with Gasteiger partial charge in [0, 0.05) is 16.4 Å². The summed E-state index contributed by atoms with van der Waals surface area (Å²) in [6.45, 7) is 5.71. The number of carbonyl (C=O) groups excluding carboxylic acids is 2. The fourth-order valence-electron chi connectivity index (χ4n) is 2.28. The fourth-order valence-corrected chi connectivity index (χ4v) is 3.61. The normalized spacial score (nSPS) is 12.3. The van der Waals surface area contributed by atoms with E-state index >= 15 is 0 Å². The second kappa shape index (κ2) is 9.19. The molecule has 0 radical (unpaired) electrons. The zero-order valence-corrected chi connectivity index (χ0v) is 17.4. The quantitative estimate of drug-likeness (QED) is 0.702. The van der Waals surface area contributed by atoms with Crippen LogP contribution in [0.3, 0.4) is 0 Å². The molecule has 0 aliphatic rings. The lowest BCUT2D eigenvalue weighted by molar-refractivity contribution is 0.0520. The van der Waals surface area contributed by atoms with Crippen LogP contribution in [0, 0.1) is 0 Å². The fraction of sp³-hybridized carbons (Fsp3) is 0.368. The molecule has 2 amide bonds. The summed E-state index contributed by atoms with van der Waals surface area (Å²) in [7, 11) is 0. The first-order valence-electron chi connectivity index (χ1n) is 8.28. The van der Waals surface area contributed by atoms with E-state index in [0.717, 1.165) is 10.0 Å². The number of alkyl carbamates (subject to hydrolysis) is 1. The van der Waals surface area contributed by atoms with E-state index in [0.29, 0.717) is 11.3 Å². The smallest absolute Gasteiger partial charge is 0.407 e. The van der Waals surface area contributed by atoms with Crippen molar-refractivity contribution in [2.75, 3.05) is 6.54 Å². The first kappa shape index (κ1) is 20.5. The average Bonchev–Trinajstić information content (AvgIpc) is 2.98. The van der Waals surface area contributed by atoms with Crippen LogP contribution in [-0.4, -0.2) is 30.2 Å². The topological polar surface area (TPSA) is 67.4 Å². The van der Waals surface area contributed by atoms with E-state index in [1.807, 2.05) is 56.5 Å². The van der Waals surface area contributed by atoms with Gasteiger partial charge < -0.3 is 15.4 Å². The number of thiophene rings is 1. The predicted molar refractivity (Wildman–Crippen MR) is 108 cm³/mol. The number of halogens is 1. The Kier molecular flexibility index (Phi) is 7.23. The Morgan fingerprint density at radius 3 is 2.50 bits per heavy atom. The average molecular weight is 439 g/mol. The number of hydrogen-bond donors (Lipinski definition) is 2. The number of amides is 2. The van der Waals surface area contributed by atoms with E-state index in [1.165, 1.54) is 11.3 Å². The molecular weight excluding hydrogens is 416 g/mol. The molecule has 1 atom stereocenters. The third kappa shape index (κ3) is 7.17. The van der Waals surface area contributed by atoms with Crippen molar-refractivity contribution < 1.29 is 14.3 Å². The third-order valence-corrected chi connectivity index (χ3v) is 5.03. The minimum absolute atomic E-state index is 0.160. The van der Waals surface area contributed by atoms with Crippen molar-refractivity contribution in [3.63, 3.8) is 0 Å². The lowest BCUT2D eigenvalue weighted by Gasteiger charge is -2.22. The lowest BCUT2D eigenvalue weighted by atomic mass is 10.1. The lowest BCUT2D eigenvalue weighted by Crippen LogP contribution is -2.45. The molecule has 2 rings (SSSR count). The van der Waals surface area contributed by atoms with Gasteiger partial charge in [-0.25, -0.2) is 4.79 Å². The van der Waals surface area contributed by atoms with E-state index in [-0.39, 0.29) is 18.5 Å². The minimum Gasteiger partial charge on any atom is -0.444 e. The summed E-state index contributed by atoms with van der Waals surface area (Å²) < 4.78 is 6.14. The van der Waals surface area contributed by atoms with Crippen LogP contribution >= 0.6 is 27.3 Å². The monoisotopic (exact) mass is 438 g/mol. The van der Waals surface area contributed by atoms with E-state index in [1.54, 1.807) is 6.07 Å². The largest absolute Gasteiger partial charge is 0.444 e. The zero-order chi connectivity index (χ0) is 19.2. The Labute approximate surface area is 166 Å². The van der Waals surface area contributed by atoms with Crippen LogP contribution in [0.5, 0.6) is 0 Å². The Bertz CT molecular complexity index is 741. The molecule has 1 aromatic heterocycles. The highest BCUT2D eigenvalue weighted by molar-refractivity contribution is 9.10. The molecule has 0 fully saturated rings. The summed E-state index contributed by atoms with van der Waals surface area (Å²) in [5.74, 6) is -0.160. The number of rotatable bonds is 6. The van der Waals surface area contributed by atoms with Crippen LogP contribution in [0.4, 0.5) is 4.79 Å². The number of hydrogen-bond acceptors (Lipinski definition) is 4. The van der Waals surface area contributed by atoms with Crippen LogP contribution in [0.15, 0.2) is 46.3 Å². The molecule has 1 aromatic carbocycles. The van der Waals surface area contributed by atoms with Gasteiger partial charge in [0.05, 0.1) is 10.9 Å². The van der Waals surface area contributed by atoms with Crippen LogP contribution < -0.4 is 10.6 Å². The van der Waals surface area contributed by atoms with Crippen LogP contribution in [0.2, 0.25) is 0 Å². The maximum atomic E-state index is 12.5. The summed E-state index contributed by atoms with van der Waals surface area (Å²) in [5, 5.41) is 7.59. The predicted octanol–water partition coefficient (Wildman–Crippen LogP) is 4.38. The second-order valence-corrected chi connectivity index (χ2v) is 8.70. The molecule has 0 saturated carbocycles. The minimum atomic E-state index is -0.564. The van der Waals surface area contributed by atoms with Gasteiger partial charge >= 0.3 is 6.09 Å². The molecule has 7 heteroatoms. The van der Waals surface area contributed by atoms with Gasteiger partial charge in [0.15, 0.2) is 0 Å². The van der Waals surface area contributed by atoms with E-state index < -0.39 is 11.7 Å². The van der Waals surface area contributed by atoms with Gasteiger partial charge in [0.1, 0.15) is 5.60 Å². The highest BCUT2D eigenvalue weighted by atomic mass is 79.9. The van der Waals surface area contributed by atoms with Gasteiger partial charge in [-0.15, -0.1) is 11.3 Å². The Balaban J connectivity index is 2.01. The highest BCUT2D eigenvalue weighted by Crippen LogP contribution is 2.19. The van der Waals surface area contributed by atoms with Gasteiger partial charge in [-0.3, -0.25) is 4.79 Å². The summed E-state index contributed by atoms with van der Waals surface area (Å²) in [5.41, 5.74) is 0.516. The molecule has 2 aromatic rings. The summed E-state index contributed by atoms with van der Waals surface area (Å²) >= 11 is 4.72. The summed E-state index contributed by atoms with van der Waals surface area (Å²) in [4.78, 5) is 25.0. The van der Waals surface area contributed by atoms with Crippen molar-refractivity contribution in [2.45, 2.75) is 38.8 Å². The second-order valence-electron chi connectivity index (χ2n) is 6.87. The molecular formula is C19H23BrN2O3S. The Hall–Kier alpha value is -1.86. The van der Waals surface area contributed by atoms with Gasteiger partial charge in [0.25, 0.3) is 5.91 Å². The standard InChI is InChI=1S/C19H23BrN2O3S/c1-19(2,3)25-18(24)21-11-15(9-13-7-5-4-6-8-13)22-17(23)16-10-14(20)12-26-16/h4-8,10,12,15H,9,11H2,1-3H3,(H,21,24)(H,22,23). The third-order valence-electron chi connectivity index (χ3n) is 3.34.